The Morgan fingerprint density at radius 3 is 2.58 bits per heavy atom. The highest BCUT2D eigenvalue weighted by molar-refractivity contribution is 6.42. The van der Waals surface area contributed by atoms with Gasteiger partial charge in [-0.05, 0) is 50.3 Å². The van der Waals surface area contributed by atoms with Gasteiger partial charge in [0.25, 0.3) is 0 Å². The maximum absolute atomic E-state index is 6.15. The summed E-state index contributed by atoms with van der Waals surface area (Å²) in [6.45, 7) is 2.76. The third kappa shape index (κ3) is 2.92. The summed E-state index contributed by atoms with van der Waals surface area (Å²) < 4.78 is 5.70. The fraction of sp³-hybridized carbons (Fsp3) is 0.600. The highest BCUT2D eigenvalue weighted by Gasteiger charge is 2.42. The fourth-order valence-electron chi connectivity index (χ4n) is 3.23. The van der Waals surface area contributed by atoms with Gasteiger partial charge in [0.15, 0.2) is 0 Å². The second-order valence-corrected chi connectivity index (χ2v) is 6.61. The molecule has 2 nitrogen and oxygen atoms in total. The standard InChI is InChI=1S/C15H21Cl2NO/c1-14(19-2)6-3-7-15(9-14,10-18)11-4-5-12(16)13(17)8-11/h4-5,8H,3,6-7,9-10,18H2,1-2H3. The lowest BCUT2D eigenvalue weighted by Crippen LogP contribution is -2.47. The molecule has 0 aromatic heterocycles. The van der Waals surface area contributed by atoms with Crippen LogP contribution in [-0.4, -0.2) is 19.3 Å². The number of methoxy groups -OCH3 is 1. The van der Waals surface area contributed by atoms with Gasteiger partial charge in [-0.3, -0.25) is 0 Å². The summed E-state index contributed by atoms with van der Waals surface area (Å²) in [6, 6.07) is 5.86. The SMILES string of the molecule is COC1(C)CCCC(CN)(c2ccc(Cl)c(Cl)c2)C1. The van der Waals surface area contributed by atoms with Crippen molar-refractivity contribution in [2.45, 2.75) is 43.6 Å². The topological polar surface area (TPSA) is 35.2 Å². The van der Waals surface area contributed by atoms with Crippen molar-refractivity contribution in [3.8, 4) is 0 Å². The van der Waals surface area contributed by atoms with E-state index in [4.69, 9.17) is 33.7 Å². The molecular formula is C15H21Cl2NO. The van der Waals surface area contributed by atoms with Gasteiger partial charge in [0.2, 0.25) is 0 Å². The monoisotopic (exact) mass is 301 g/mol. The minimum Gasteiger partial charge on any atom is -0.378 e. The van der Waals surface area contributed by atoms with Gasteiger partial charge in [0.05, 0.1) is 15.6 Å². The maximum Gasteiger partial charge on any atom is 0.0659 e. The molecule has 1 fully saturated rings. The molecule has 106 valence electrons. The van der Waals surface area contributed by atoms with Crippen molar-refractivity contribution in [1.82, 2.24) is 0 Å². The Kier molecular flexibility index (Phi) is 4.46. The van der Waals surface area contributed by atoms with Crippen LogP contribution in [0.4, 0.5) is 0 Å². The van der Waals surface area contributed by atoms with E-state index in [2.05, 4.69) is 6.92 Å². The Morgan fingerprint density at radius 1 is 1.26 bits per heavy atom. The smallest absolute Gasteiger partial charge is 0.0659 e. The summed E-state index contributed by atoms with van der Waals surface area (Å²) in [5.74, 6) is 0. The van der Waals surface area contributed by atoms with E-state index in [1.807, 2.05) is 18.2 Å². The molecule has 1 aromatic carbocycles. The molecule has 4 heteroatoms. The van der Waals surface area contributed by atoms with Gasteiger partial charge < -0.3 is 10.5 Å². The Balaban J connectivity index is 2.39. The molecule has 2 N–H and O–H groups in total. The molecular weight excluding hydrogens is 281 g/mol. The molecule has 0 spiro atoms. The molecule has 2 atom stereocenters. The van der Waals surface area contributed by atoms with Crippen LogP contribution in [0.15, 0.2) is 18.2 Å². The lowest BCUT2D eigenvalue weighted by atomic mass is 9.64. The first-order chi connectivity index (χ1) is 8.95. The lowest BCUT2D eigenvalue weighted by molar-refractivity contribution is -0.0465. The van der Waals surface area contributed by atoms with E-state index in [9.17, 15) is 0 Å². The van der Waals surface area contributed by atoms with Crippen molar-refractivity contribution < 1.29 is 4.74 Å². The quantitative estimate of drug-likeness (QED) is 0.909. The molecule has 0 bridgehead atoms. The summed E-state index contributed by atoms with van der Waals surface area (Å²) in [6.07, 6.45) is 4.18. The van der Waals surface area contributed by atoms with Gasteiger partial charge in [-0.25, -0.2) is 0 Å². The van der Waals surface area contributed by atoms with E-state index in [1.165, 1.54) is 5.56 Å². The minimum absolute atomic E-state index is 0.0583. The number of rotatable bonds is 3. The largest absolute Gasteiger partial charge is 0.378 e. The Bertz CT molecular complexity index is 465. The van der Waals surface area contributed by atoms with Crippen molar-refractivity contribution in [3.05, 3.63) is 33.8 Å². The number of benzene rings is 1. The number of ether oxygens (including phenoxy) is 1. The predicted octanol–water partition coefficient (Wildman–Crippen LogP) is 4.17. The fourth-order valence-corrected chi connectivity index (χ4v) is 3.53. The molecule has 1 aliphatic rings. The summed E-state index contributed by atoms with van der Waals surface area (Å²) in [4.78, 5) is 0. The van der Waals surface area contributed by atoms with E-state index in [0.717, 1.165) is 25.7 Å². The van der Waals surface area contributed by atoms with Gasteiger partial charge in [0, 0.05) is 19.1 Å². The van der Waals surface area contributed by atoms with Crippen LogP contribution in [0.1, 0.15) is 38.2 Å². The normalized spacial score (nSPS) is 31.4. The molecule has 1 aliphatic carbocycles. The van der Waals surface area contributed by atoms with E-state index >= 15 is 0 Å². The number of nitrogens with two attached hydrogens (primary N) is 1. The van der Waals surface area contributed by atoms with Crippen molar-refractivity contribution in [3.63, 3.8) is 0 Å². The highest BCUT2D eigenvalue weighted by atomic mass is 35.5. The Morgan fingerprint density at radius 2 is 2.00 bits per heavy atom. The average molecular weight is 302 g/mol. The van der Waals surface area contributed by atoms with E-state index in [1.54, 1.807) is 7.11 Å². The van der Waals surface area contributed by atoms with E-state index in [-0.39, 0.29) is 11.0 Å². The summed E-state index contributed by atoms with van der Waals surface area (Å²) in [7, 11) is 1.78. The molecule has 2 unspecified atom stereocenters. The zero-order valence-corrected chi connectivity index (χ0v) is 13.0. The van der Waals surface area contributed by atoms with Crippen molar-refractivity contribution in [2.24, 2.45) is 5.73 Å². The molecule has 1 saturated carbocycles. The van der Waals surface area contributed by atoms with Gasteiger partial charge in [-0.1, -0.05) is 29.3 Å². The van der Waals surface area contributed by atoms with Crippen molar-refractivity contribution >= 4 is 23.2 Å². The summed E-state index contributed by atoms with van der Waals surface area (Å²) in [5.41, 5.74) is 7.11. The zero-order chi connectivity index (χ0) is 14.1. The molecule has 0 heterocycles. The zero-order valence-electron chi connectivity index (χ0n) is 11.5. The molecule has 0 radical (unpaired) electrons. The van der Waals surface area contributed by atoms with Crippen LogP contribution in [0.2, 0.25) is 10.0 Å². The number of hydrogen-bond acceptors (Lipinski definition) is 2. The third-order valence-corrected chi connectivity index (χ3v) is 5.23. The van der Waals surface area contributed by atoms with Crippen LogP contribution in [-0.2, 0) is 10.2 Å². The minimum atomic E-state index is -0.107. The average Bonchev–Trinajstić information content (AvgIpc) is 2.42. The second-order valence-electron chi connectivity index (χ2n) is 5.80. The predicted molar refractivity (Wildman–Crippen MR) is 81.1 cm³/mol. The first-order valence-electron chi connectivity index (χ1n) is 6.65. The van der Waals surface area contributed by atoms with Crippen LogP contribution in [0.5, 0.6) is 0 Å². The van der Waals surface area contributed by atoms with Crippen LogP contribution >= 0.6 is 23.2 Å². The lowest BCUT2D eigenvalue weighted by Gasteiger charge is -2.45. The van der Waals surface area contributed by atoms with Gasteiger partial charge in [-0.15, -0.1) is 0 Å². The van der Waals surface area contributed by atoms with Crippen LogP contribution in [0, 0.1) is 0 Å². The van der Waals surface area contributed by atoms with E-state index in [0.29, 0.717) is 16.6 Å². The second kappa shape index (κ2) is 5.61. The van der Waals surface area contributed by atoms with Crippen molar-refractivity contribution in [1.29, 1.82) is 0 Å². The van der Waals surface area contributed by atoms with Crippen LogP contribution in [0.25, 0.3) is 0 Å². The van der Waals surface area contributed by atoms with Crippen LogP contribution < -0.4 is 5.73 Å². The Hall–Kier alpha value is -0.280. The number of hydrogen-bond donors (Lipinski definition) is 1. The first-order valence-corrected chi connectivity index (χ1v) is 7.41. The molecule has 0 amide bonds. The Labute approximate surface area is 125 Å². The maximum atomic E-state index is 6.15. The highest BCUT2D eigenvalue weighted by Crippen LogP contribution is 2.45. The van der Waals surface area contributed by atoms with Gasteiger partial charge >= 0.3 is 0 Å². The third-order valence-electron chi connectivity index (χ3n) is 4.49. The van der Waals surface area contributed by atoms with Crippen molar-refractivity contribution in [2.75, 3.05) is 13.7 Å². The van der Waals surface area contributed by atoms with E-state index < -0.39 is 0 Å². The number of halogens is 2. The summed E-state index contributed by atoms with van der Waals surface area (Å²) >= 11 is 12.2. The molecule has 0 saturated heterocycles. The van der Waals surface area contributed by atoms with Crippen LogP contribution in [0.3, 0.4) is 0 Å². The molecule has 19 heavy (non-hydrogen) atoms. The first kappa shape index (κ1) is 15.1. The summed E-state index contributed by atoms with van der Waals surface area (Å²) in [5, 5.41) is 1.18. The molecule has 1 aromatic rings. The molecule has 2 rings (SSSR count). The molecule has 0 aliphatic heterocycles. The van der Waals surface area contributed by atoms with Gasteiger partial charge in [-0.2, -0.15) is 0 Å². The van der Waals surface area contributed by atoms with Gasteiger partial charge in [0.1, 0.15) is 0 Å².